The van der Waals surface area contributed by atoms with Crippen LogP contribution in [0.3, 0.4) is 0 Å². The zero-order valence-electron chi connectivity index (χ0n) is 24.1. The van der Waals surface area contributed by atoms with Crippen LogP contribution in [0.15, 0.2) is 30.3 Å². The Morgan fingerprint density at radius 2 is 1.82 bits per heavy atom. The second-order valence-electron chi connectivity index (χ2n) is 13.2. The van der Waals surface area contributed by atoms with E-state index < -0.39 is 59.1 Å². The van der Waals surface area contributed by atoms with E-state index in [0.717, 1.165) is 22.6 Å². The van der Waals surface area contributed by atoms with Crippen molar-refractivity contribution >= 4 is 23.8 Å². The molecule has 8 rings (SSSR count). The standard InChI is InChI=1S/C32H32N2O11/c35-18-7-6-15-12-20-32(43)9-8-17(26-31(32,22(15)24(18)45-26)10-11-33(20)13-14-4-5-14)34-27(37)16-2-1-3-19(21(16)28(34)38)44-25(30(41)42)23(36)29(39)40/h1-3,6-7,14,17,20,23,25-26,35-36,43H,4-5,8-13H2,(H,39,40)(H,41,42)/t17?,20-,23?,25?,26?,31+,32-/m1/s1. The molecule has 6 aliphatic rings. The number of imide groups is 1. The summed E-state index contributed by atoms with van der Waals surface area (Å²) in [5, 5.41) is 52.3. The lowest BCUT2D eigenvalue weighted by molar-refractivity contribution is -0.196. The third-order valence-electron chi connectivity index (χ3n) is 11.0. The summed E-state index contributed by atoms with van der Waals surface area (Å²) in [4.78, 5) is 54.6. The van der Waals surface area contributed by atoms with Crippen LogP contribution in [0, 0.1) is 5.92 Å². The van der Waals surface area contributed by atoms with Gasteiger partial charge in [0.05, 0.1) is 28.2 Å². The number of carboxylic acids is 2. The second kappa shape index (κ2) is 9.41. The van der Waals surface area contributed by atoms with Gasteiger partial charge in [-0.1, -0.05) is 12.1 Å². The summed E-state index contributed by atoms with van der Waals surface area (Å²) in [6, 6.07) is 6.42. The molecule has 3 fully saturated rings. The molecular weight excluding hydrogens is 588 g/mol. The maximum atomic E-state index is 14.1. The molecule has 3 aliphatic carbocycles. The summed E-state index contributed by atoms with van der Waals surface area (Å²) in [5.41, 5.74) is -0.821. The molecule has 13 nitrogen and oxygen atoms in total. The lowest BCUT2D eigenvalue weighted by Crippen LogP contribution is -2.78. The van der Waals surface area contributed by atoms with Gasteiger partial charge in [-0.3, -0.25) is 19.4 Å². The number of aliphatic hydroxyl groups excluding tert-OH is 1. The Balaban J connectivity index is 1.19. The van der Waals surface area contributed by atoms with Crippen LogP contribution in [0.5, 0.6) is 17.2 Å². The number of piperidine rings is 1. The van der Waals surface area contributed by atoms with Crippen molar-refractivity contribution in [3.8, 4) is 17.2 Å². The van der Waals surface area contributed by atoms with Crippen LogP contribution in [0.2, 0.25) is 0 Å². The predicted octanol–water partition coefficient (Wildman–Crippen LogP) is 0.899. The highest BCUT2D eigenvalue weighted by Crippen LogP contribution is 2.66. The third kappa shape index (κ3) is 3.65. The van der Waals surface area contributed by atoms with E-state index in [1.165, 1.54) is 31.0 Å². The molecular formula is C32H32N2O11. The van der Waals surface area contributed by atoms with Crippen molar-refractivity contribution in [3.05, 3.63) is 52.6 Å². The number of aliphatic hydroxyl groups is 2. The van der Waals surface area contributed by atoms with E-state index in [2.05, 4.69) is 4.90 Å². The molecule has 2 bridgehead atoms. The van der Waals surface area contributed by atoms with Gasteiger partial charge in [-0.15, -0.1) is 0 Å². The molecule has 2 aromatic rings. The average Bonchev–Trinajstić information content (AvgIpc) is 3.69. The Hall–Kier alpha value is -4.20. The van der Waals surface area contributed by atoms with Crippen LogP contribution in [0.1, 0.15) is 63.9 Å². The number of hydrogen-bond acceptors (Lipinski definition) is 10. The molecule has 3 heterocycles. The summed E-state index contributed by atoms with van der Waals surface area (Å²) in [5.74, 6) is -4.60. The Bertz CT molecular complexity index is 1690. The third-order valence-corrected chi connectivity index (χ3v) is 11.0. The molecule has 4 unspecified atom stereocenters. The van der Waals surface area contributed by atoms with Crippen molar-refractivity contribution in [2.24, 2.45) is 5.92 Å². The number of carboxylic acid groups (broad SMARTS) is 2. The van der Waals surface area contributed by atoms with Gasteiger partial charge in [-0.2, -0.15) is 0 Å². The van der Waals surface area contributed by atoms with E-state index in [1.807, 2.05) is 6.07 Å². The van der Waals surface area contributed by atoms with Crippen molar-refractivity contribution in [2.75, 3.05) is 13.1 Å². The zero-order chi connectivity index (χ0) is 31.6. The molecule has 2 amide bonds. The summed E-state index contributed by atoms with van der Waals surface area (Å²) in [6.07, 6.45) is -1.61. The molecule has 2 saturated carbocycles. The van der Waals surface area contributed by atoms with Crippen LogP contribution in [-0.2, 0) is 21.4 Å². The van der Waals surface area contributed by atoms with Gasteiger partial charge in [-0.05, 0) is 74.8 Å². The quantitative estimate of drug-likeness (QED) is 0.262. The number of nitrogens with zero attached hydrogens (tertiary/aromatic N) is 2. The molecule has 0 aromatic heterocycles. The van der Waals surface area contributed by atoms with Crippen molar-refractivity contribution in [1.29, 1.82) is 0 Å². The van der Waals surface area contributed by atoms with Gasteiger partial charge in [0.1, 0.15) is 11.9 Å². The highest BCUT2D eigenvalue weighted by molar-refractivity contribution is 6.23. The van der Waals surface area contributed by atoms with Gasteiger partial charge in [0.2, 0.25) is 6.10 Å². The highest BCUT2D eigenvalue weighted by Gasteiger charge is 2.74. The number of phenols is 1. The Labute approximate surface area is 256 Å². The van der Waals surface area contributed by atoms with E-state index in [1.54, 1.807) is 6.07 Å². The molecule has 236 valence electrons. The van der Waals surface area contributed by atoms with Crippen LogP contribution < -0.4 is 9.47 Å². The van der Waals surface area contributed by atoms with Crippen LogP contribution in [0.4, 0.5) is 0 Å². The van der Waals surface area contributed by atoms with E-state index in [-0.39, 0.29) is 47.3 Å². The molecule has 7 atom stereocenters. The summed E-state index contributed by atoms with van der Waals surface area (Å²) < 4.78 is 11.9. The molecule has 13 heteroatoms. The van der Waals surface area contributed by atoms with Crippen molar-refractivity contribution in [2.45, 2.75) is 79.9 Å². The molecule has 0 radical (unpaired) electrons. The molecule has 2 aromatic carbocycles. The first-order valence-electron chi connectivity index (χ1n) is 15.3. The minimum Gasteiger partial charge on any atom is -0.504 e. The van der Waals surface area contributed by atoms with Crippen molar-refractivity contribution in [1.82, 2.24) is 9.80 Å². The maximum absolute atomic E-state index is 14.1. The first-order valence-corrected chi connectivity index (χ1v) is 15.3. The largest absolute Gasteiger partial charge is 0.504 e. The number of likely N-dealkylation sites (tertiary alicyclic amines) is 1. The van der Waals surface area contributed by atoms with Gasteiger partial charge >= 0.3 is 11.9 Å². The molecule has 5 N–H and O–H groups in total. The van der Waals surface area contributed by atoms with E-state index in [0.29, 0.717) is 25.3 Å². The topological polar surface area (TPSA) is 194 Å². The zero-order valence-corrected chi connectivity index (χ0v) is 24.1. The summed E-state index contributed by atoms with van der Waals surface area (Å²) in [6.45, 7) is 1.58. The number of benzene rings is 2. The fourth-order valence-corrected chi connectivity index (χ4v) is 8.91. The summed E-state index contributed by atoms with van der Waals surface area (Å²) in [7, 11) is 0. The van der Waals surface area contributed by atoms with Gasteiger partial charge < -0.3 is 35.0 Å². The van der Waals surface area contributed by atoms with Gasteiger partial charge in [0.15, 0.2) is 17.6 Å². The number of carbonyl (C=O) groups is 4. The molecule has 3 aliphatic heterocycles. The lowest BCUT2D eigenvalue weighted by atomic mass is 9.48. The average molecular weight is 621 g/mol. The number of phenolic OH excluding ortho intramolecular Hbond substituents is 1. The maximum Gasteiger partial charge on any atom is 0.348 e. The molecule has 1 saturated heterocycles. The number of hydrogen-bond donors (Lipinski definition) is 5. The van der Waals surface area contributed by atoms with Gasteiger partial charge in [0, 0.05) is 18.2 Å². The van der Waals surface area contributed by atoms with Crippen molar-refractivity contribution < 1.29 is 54.2 Å². The molecule has 1 spiro atoms. The van der Waals surface area contributed by atoms with E-state index in [9.17, 15) is 44.7 Å². The first kappa shape index (κ1) is 28.3. The Kier molecular flexibility index (Phi) is 5.91. The SMILES string of the molecule is O=C(O)C(O)C(Oc1cccc2c1C(=O)N(C1CC[C@@]3(O)[C@H]4Cc5ccc(O)c6c5[C@@]3(CCN4CC3CC3)C1O6)C2=O)C(=O)O. The normalized spacial score (nSPS) is 32.4. The lowest BCUT2D eigenvalue weighted by Gasteiger charge is -2.64. The minimum absolute atomic E-state index is 0.0652. The highest BCUT2D eigenvalue weighted by atomic mass is 16.5. The molecule has 45 heavy (non-hydrogen) atoms. The smallest absolute Gasteiger partial charge is 0.348 e. The minimum atomic E-state index is -2.44. The fraction of sp³-hybridized carbons (Fsp3) is 0.500. The number of aromatic hydroxyl groups is 1. The number of amides is 2. The number of fused-ring (bicyclic) bond motifs is 1. The number of aliphatic carboxylic acids is 2. The number of carbonyl (C=O) groups excluding carboxylic acids is 2. The second-order valence-corrected chi connectivity index (χ2v) is 13.2. The van der Waals surface area contributed by atoms with Crippen LogP contribution >= 0.6 is 0 Å². The fourth-order valence-electron chi connectivity index (χ4n) is 8.91. The Morgan fingerprint density at radius 3 is 2.53 bits per heavy atom. The van der Waals surface area contributed by atoms with Crippen molar-refractivity contribution in [3.63, 3.8) is 0 Å². The van der Waals surface area contributed by atoms with E-state index >= 15 is 0 Å². The van der Waals surface area contributed by atoms with Crippen LogP contribution in [0.25, 0.3) is 0 Å². The first-order chi connectivity index (χ1) is 21.5. The number of rotatable bonds is 8. The Morgan fingerprint density at radius 1 is 1.04 bits per heavy atom. The monoisotopic (exact) mass is 620 g/mol. The van der Waals surface area contributed by atoms with Gasteiger partial charge in [-0.25, -0.2) is 9.59 Å². The van der Waals surface area contributed by atoms with Gasteiger partial charge in [0.25, 0.3) is 11.8 Å². The number of ether oxygens (including phenoxy) is 2. The van der Waals surface area contributed by atoms with E-state index in [4.69, 9.17) is 9.47 Å². The van der Waals surface area contributed by atoms with Crippen LogP contribution in [-0.4, -0.2) is 108 Å². The predicted molar refractivity (Wildman–Crippen MR) is 151 cm³/mol. The summed E-state index contributed by atoms with van der Waals surface area (Å²) >= 11 is 0.